The molecule has 2 N–H and O–H groups in total. The Kier molecular flexibility index (Phi) is 9.94. The predicted octanol–water partition coefficient (Wildman–Crippen LogP) is 1.60. The molecule has 0 aliphatic heterocycles. The average Bonchev–Trinajstić information content (AvgIpc) is 2.37. The standard InChI is InChI=1S/C14H30N4O/c1-6-7-8-9-12(2)17-14(15-3)16-11-10-13(19)18(4)5/h12H,6-11H2,1-5H3,(H2,15,16,17). The van der Waals surface area contributed by atoms with E-state index in [2.05, 4.69) is 29.5 Å². The molecule has 0 aliphatic rings. The van der Waals surface area contributed by atoms with Gasteiger partial charge >= 0.3 is 0 Å². The van der Waals surface area contributed by atoms with Gasteiger partial charge < -0.3 is 15.5 Å². The maximum Gasteiger partial charge on any atom is 0.223 e. The Hall–Kier alpha value is -1.26. The van der Waals surface area contributed by atoms with E-state index in [0.717, 1.165) is 12.4 Å². The van der Waals surface area contributed by atoms with Gasteiger partial charge in [-0.1, -0.05) is 26.2 Å². The Morgan fingerprint density at radius 1 is 1.32 bits per heavy atom. The second-order valence-corrected chi connectivity index (χ2v) is 5.08. The van der Waals surface area contributed by atoms with Crippen LogP contribution in [0.5, 0.6) is 0 Å². The molecule has 0 saturated heterocycles. The van der Waals surface area contributed by atoms with Crippen LogP contribution < -0.4 is 10.6 Å². The first-order valence-electron chi connectivity index (χ1n) is 7.18. The first-order chi connectivity index (χ1) is 9.01. The highest BCUT2D eigenvalue weighted by Gasteiger charge is 2.06. The lowest BCUT2D eigenvalue weighted by molar-refractivity contribution is -0.128. The fourth-order valence-corrected chi connectivity index (χ4v) is 1.71. The van der Waals surface area contributed by atoms with E-state index < -0.39 is 0 Å². The summed E-state index contributed by atoms with van der Waals surface area (Å²) in [5, 5.41) is 6.51. The van der Waals surface area contributed by atoms with E-state index in [4.69, 9.17) is 0 Å². The van der Waals surface area contributed by atoms with E-state index in [9.17, 15) is 4.79 Å². The van der Waals surface area contributed by atoms with Gasteiger partial charge in [0.25, 0.3) is 0 Å². The quantitative estimate of drug-likeness (QED) is 0.400. The number of hydrogen-bond acceptors (Lipinski definition) is 2. The zero-order valence-electron chi connectivity index (χ0n) is 13.1. The smallest absolute Gasteiger partial charge is 0.223 e. The van der Waals surface area contributed by atoms with Crippen molar-refractivity contribution < 1.29 is 4.79 Å². The number of carbonyl (C=O) groups excluding carboxylic acids is 1. The SMILES string of the molecule is CCCCCC(C)NC(=NC)NCCC(=O)N(C)C. The number of nitrogens with zero attached hydrogens (tertiary/aromatic N) is 2. The molecule has 0 aromatic carbocycles. The average molecular weight is 270 g/mol. The van der Waals surface area contributed by atoms with Gasteiger partial charge in [-0.05, 0) is 13.3 Å². The molecule has 1 unspecified atom stereocenters. The van der Waals surface area contributed by atoms with Crippen LogP contribution in [0.15, 0.2) is 4.99 Å². The van der Waals surface area contributed by atoms with Crippen LogP contribution in [0.1, 0.15) is 46.0 Å². The fourth-order valence-electron chi connectivity index (χ4n) is 1.71. The number of amides is 1. The highest BCUT2D eigenvalue weighted by molar-refractivity contribution is 5.81. The van der Waals surface area contributed by atoms with Crippen LogP contribution in [-0.4, -0.2) is 50.5 Å². The molecule has 0 fully saturated rings. The topological polar surface area (TPSA) is 56.7 Å². The van der Waals surface area contributed by atoms with E-state index >= 15 is 0 Å². The van der Waals surface area contributed by atoms with Crippen molar-refractivity contribution in [3.8, 4) is 0 Å². The Bertz CT molecular complexity index is 277. The summed E-state index contributed by atoms with van der Waals surface area (Å²) in [5.74, 6) is 0.898. The minimum absolute atomic E-state index is 0.124. The lowest BCUT2D eigenvalue weighted by atomic mass is 10.1. The molecule has 0 aromatic rings. The number of hydrogen-bond donors (Lipinski definition) is 2. The van der Waals surface area contributed by atoms with Crippen LogP contribution >= 0.6 is 0 Å². The number of nitrogens with one attached hydrogen (secondary N) is 2. The molecule has 5 nitrogen and oxygen atoms in total. The number of unbranched alkanes of at least 4 members (excludes halogenated alkanes) is 2. The number of guanidine groups is 1. The molecule has 0 rings (SSSR count). The number of carbonyl (C=O) groups is 1. The van der Waals surface area contributed by atoms with Gasteiger partial charge in [0.1, 0.15) is 0 Å². The first kappa shape index (κ1) is 17.7. The van der Waals surface area contributed by atoms with E-state index in [1.54, 1.807) is 26.0 Å². The van der Waals surface area contributed by atoms with Gasteiger partial charge in [0.2, 0.25) is 5.91 Å². The third-order valence-corrected chi connectivity index (χ3v) is 2.98. The lowest BCUT2D eigenvalue weighted by Crippen LogP contribution is -2.43. The Morgan fingerprint density at radius 3 is 2.53 bits per heavy atom. The lowest BCUT2D eigenvalue weighted by Gasteiger charge is -2.18. The van der Waals surface area contributed by atoms with Crippen molar-refractivity contribution in [3.63, 3.8) is 0 Å². The van der Waals surface area contributed by atoms with Gasteiger partial charge in [-0.2, -0.15) is 0 Å². The molecule has 0 saturated carbocycles. The summed E-state index contributed by atoms with van der Waals surface area (Å²) in [7, 11) is 5.29. The van der Waals surface area contributed by atoms with Crippen LogP contribution in [0.2, 0.25) is 0 Å². The first-order valence-corrected chi connectivity index (χ1v) is 7.18. The van der Waals surface area contributed by atoms with Crippen molar-refractivity contribution in [2.45, 2.75) is 52.0 Å². The maximum atomic E-state index is 11.4. The van der Waals surface area contributed by atoms with Crippen molar-refractivity contribution in [3.05, 3.63) is 0 Å². The summed E-state index contributed by atoms with van der Waals surface area (Å²) in [4.78, 5) is 17.2. The Balaban J connectivity index is 3.86. The largest absolute Gasteiger partial charge is 0.356 e. The molecule has 1 atom stereocenters. The Labute approximate surface area is 117 Å². The molecule has 112 valence electrons. The van der Waals surface area contributed by atoms with Crippen LogP contribution in [0, 0.1) is 0 Å². The summed E-state index contributed by atoms with van der Waals surface area (Å²) in [6.07, 6.45) is 5.38. The van der Waals surface area contributed by atoms with E-state index in [1.165, 1.54) is 19.3 Å². The van der Waals surface area contributed by atoms with Gasteiger partial charge in [0.05, 0.1) is 0 Å². The maximum absolute atomic E-state index is 11.4. The van der Waals surface area contributed by atoms with Gasteiger partial charge in [0.15, 0.2) is 5.96 Å². The predicted molar refractivity (Wildman–Crippen MR) is 81.4 cm³/mol. The highest BCUT2D eigenvalue weighted by Crippen LogP contribution is 2.02. The summed E-state index contributed by atoms with van der Waals surface area (Å²) in [6.45, 7) is 4.98. The molecule has 19 heavy (non-hydrogen) atoms. The molecule has 0 bridgehead atoms. The van der Waals surface area contributed by atoms with E-state index in [-0.39, 0.29) is 5.91 Å². The molecular weight excluding hydrogens is 240 g/mol. The van der Waals surface area contributed by atoms with Crippen molar-refractivity contribution in [2.75, 3.05) is 27.7 Å². The zero-order valence-corrected chi connectivity index (χ0v) is 13.1. The molecule has 0 heterocycles. The summed E-state index contributed by atoms with van der Waals surface area (Å²) >= 11 is 0. The van der Waals surface area contributed by atoms with E-state index in [0.29, 0.717) is 19.0 Å². The van der Waals surface area contributed by atoms with Crippen LogP contribution in [0.3, 0.4) is 0 Å². The molecule has 0 spiro atoms. The highest BCUT2D eigenvalue weighted by atomic mass is 16.2. The minimum Gasteiger partial charge on any atom is -0.356 e. The van der Waals surface area contributed by atoms with Gasteiger partial charge in [-0.15, -0.1) is 0 Å². The van der Waals surface area contributed by atoms with Crippen LogP contribution in [0.25, 0.3) is 0 Å². The number of rotatable bonds is 8. The number of aliphatic imine (C=N–C) groups is 1. The zero-order chi connectivity index (χ0) is 14.7. The third-order valence-electron chi connectivity index (χ3n) is 2.98. The molecule has 5 heteroatoms. The molecule has 1 amide bonds. The van der Waals surface area contributed by atoms with Gasteiger partial charge in [-0.25, -0.2) is 0 Å². The summed E-state index contributed by atoms with van der Waals surface area (Å²) in [6, 6.07) is 0.405. The third kappa shape index (κ3) is 9.33. The second-order valence-electron chi connectivity index (χ2n) is 5.08. The van der Waals surface area contributed by atoms with Crippen molar-refractivity contribution in [1.29, 1.82) is 0 Å². The minimum atomic E-state index is 0.124. The van der Waals surface area contributed by atoms with E-state index in [1.807, 2.05) is 0 Å². The van der Waals surface area contributed by atoms with Crippen LogP contribution in [0.4, 0.5) is 0 Å². The van der Waals surface area contributed by atoms with Crippen molar-refractivity contribution in [1.82, 2.24) is 15.5 Å². The normalized spacial score (nSPS) is 13.0. The molecular formula is C14H30N4O. The van der Waals surface area contributed by atoms with Gasteiger partial charge in [0, 0.05) is 40.2 Å². The Morgan fingerprint density at radius 2 is 2.00 bits per heavy atom. The van der Waals surface area contributed by atoms with Crippen molar-refractivity contribution in [2.24, 2.45) is 4.99 Å². The molecule has 0 aromatic heterocycles. The van der Waals surface area contributed by atoms with Crippen molar-refractivity contribution >= 4 is 11.9 Å². The molecule has 0 radical (unpaired) electrons. The van der Waals surface area contributed by atoms with Gasteiger partial charge in [-0.3, -0.25) is 9.79 Å². The second kappa shape index (κ2) is 10.6. The molecule has 0 aliphatic carbocycles. The summed E-state index contributed by atoms with van der Waals surface area (Å²) in [5.41, 5.74) is 0. The van der Waals surface area contributed by atoms with Crippen LogP contribution in [-0.2, 0) is 4.79 Å². The monoisotopic (exact) mass is 270 g/mol. The summed E-state index contributed by atoms with van der Waals surface area (Å²) < 4.78 is 0. The fraction of sp³-hybridized carbons (Fsp3) is 0.857.